The van der Waals surface area contributed by atoms with Gasteiger partial charge in [-0.3, -0.25) is 9.59 Å². The normalized spacial score (nSPS) is 19.8. The molecule has 2 aromatic rings. The fraction of sp³-hybridized carbons (Fsp3) is 0.375. The quantitative estimate of drug-likeness (QED) is 0.893. The third-order valence-electron chi connectivity index (χ3n) is 4.21. The molecule has 1 N–H and O–H groups in total. The van der Waals surface area contributed by atoms with Gasteiger partial charge in [-0.05, 0) is 37.5 Å². The Hall–Kier alpha value is -2.15. The summed E-state index contributed by atoms with van der Waals surface area (Å²) in [4.78, 5) is 24.4. The van der Waals surface area contributed by atoms with Crippen LogP contribution in [0.25, 0.3) is 11.0 Å². The Balaban J connectivity index is 1.95. The summed E-state index contributed by atoms with van der Waals surface area (Å²) in [6.45, 7) is 3.72. The Bertz CT molecular complexity index is 958. The molecule has 1 fully saturated rings. The molecule has 0 aliphatic carbocycles. The van der Waals surface area contributed by atoms with Gasteiger partial charge in [0.05, 0.1) is 16.9 Å². The molecule has 1 saturated heterocycles. The predicted molar refractivity (Wildman–Crippen MR) is 86.5 cm³/mol. The van der Waals surface area contributed by atoms with Crippen molar-refractivity contribution in [1.29, 1.82) is 0 Å². The van der Waals surface area contributed by atoms with Crippen molar-refractivity contribution in [3.05, 3.63) is 45.3 Å². The highest BCUT2D eigenvalue weighted by molar-refractivity contribution is 7.91. The average molecular weight is 335 g/mol. The van der Waals surface area contributed by atoms with Gasteiger partial charge in [0.1, 0.15) is 5.58 Å². The summed E-state index contributed by atoms with van der Waals surface area (Å²) in [5, 5.41) is 3.05. The van der Waals surface area contributed by atoms with Gasteiger partial charge in [-0.2, -0.15) is 0 Å². The highest BCUT2D eigenvalue weighted by Gasteiger charge is 2.29. The van der Waals surface area contributed by atoms with Crippen LogP contribution in [0.3, 0.4) is 0 Å². The molecule has 0 saturated carbocycles. The molecule has 1 aromatic heterocycles. The first-order valence-corrected chi connectivity index (χ1v) is 9.14. The Morgan fingerprint density at radius 1 is 1.30 bits per heavy atom. The Morgan fingerprint density at radius 2 is 2.04 bits per heavy atom. The number of sulfone groups is 1. The van der Waals surface area contributed by atoms with Gasteiger partial charge in [0, 0.05) is 12.1 Å². The zero-order valence-electron chi connectivity index (χ0n) is 12.9. The van der Waals surface area contributed by atoms with Crippen LogP contribution in [0.5, 0.6) is 0 Å². The number of hydrogen-bond donors (Lipinski definition) is 1. The summed E-state index contributed by atoms with van der Waals surface area (Å²) in [6, 6.07) is 4.22. The highest BCUT2D eigenvalue weighted by atomic mass is 32.2. The number of rotatable bonds is 2. The molecular weight excluding hydrogens is 318 g/mol. The molecule has 0 bridgehead atoms. The summed E-state index contributed by atoms with van der Waals surface area (Å²) in [6.07, 6.45) is 0.379. The van der Waals surface area contributed by atoms with Gasteiger partial charge in [0.15, 0.2) is 21.0 Å². The molecule has 1 aliphatic rings. The lowest BCUT2D eigenvalue weighted by molar-refractivity contribution is 0.0913. The first kappa shape index (κ1) is 15.7. The molecule has 6 nitrogen and oxygen atoms in total. The van der Waals surface area contributed by atoms with Gasteiger partial charge in [-0.15, -0.1) is 0 Å². The number of fused-ring (bicyclic) bond motifs is 1. The van der Waals surface area contributed by atoms with Crippen molar-refractivity contribution in [2.45, 2.75) is 26.3 Å². The molecule has 1 atom stereocenters. The van der Waals surface area contributed by atoms with E-state index in [0.29, 0.717) is 17.4 Å². The molecule has 2 heterocycles. The molecule has 1 amide bonds. The molecule has 3 rings (SSSR count). The topological polar surface area (TPSA) is 93.5 Å². The lowest BCUT2D eigenvalue weighted by Crippen LogP contribution is -2.35. The summed E-state index contributed by atoms with van der Waals surface area (Å²) >= 11 is 0. The maximum absolute atomic E-state index is 12.3. The van der Waals surface area contributed by atoms with Crippen LogP contribution in [0.15, 0.2) is 27.4 Å². The zero-order valence-corrected chi connectivity index (χ0v) is 13.7. The number of aryl methyl sites for hydroxylation is 2. The molecule has 1 aliphatic heterocycles. The second kappa shape index (κ2) is 5.49. The van der Waals surface area contributed by atoms with E-state index in [9.17, 15) is 18.0 Å². The summed E-state index contributed by atoms with van der Waals surface area (Å²) in [5.74, 6) is -0.667. The van der Waals surface area contributed by atoms with E-state index in [1.165, 1.54) is 0 Å². The summed E-state index contributed by atoms with van der Waals surface area (Å²) in [7, 11) is -3.09. The van der Waals surface area contributed by atoms with Crippen molar-refractivity contribution < 1.29 is 17.6 Å². The van der Waals surface area contributed by atoms with Crippen LogP contribution in [0.2, 0.25) is 0 Å². The molecule has 23 heavy (non-hydrogen) atoms. The SMILES string of the molecule is Cc1ccc2c(=O)cc(C(=O)N[C@@H]3CCS(=O)(=O)C3)oc2c1C. The number of nitrogens with one attached hydrogen (secondary N) is 1. The van der Waals surface area contributed by atoms with Gasteiger partial charge in [0.2, 0.25) is 0 Å². The van der Waals surface area contributed by atoms with Gasteiger partial charge in [-0.25, -0.2) is 8.42 Å². The summed E-state index contributed by atoms with van der Waals surface area (Å²) in [5.41, 5.74) is 1.86. The maximum Gasteiger partial charge on any atom is 0.287 e. The minimum atomic E-state index is -3.09. The molecule has 122 valence electrons. The second-order valence-electron chi connectivity index (χ2n) is 5.93. The van der Waals surface area contributed by atoms with E-state index in [-0.39, 0.29) is 22.7 Å². The predicted octanol–water partition coefficient (Wildman–Crippen LogP) is 1.33. The van der Waals surface area contributed by atoms with E-state index >= 15 is 0 Å². The first-order chi connectivity index (χ1) is 10.8. The Labute approximate surface area is 133 Å². The molecule has 0 radical (unpaired) electrons. The third kappa shape index (κ3) is 3.01. The first-order valence-electron chi connectivity index (χ1n) is 7.32. The highest BCUT2D eigenvalue weighted by Crippen LogP contribution is 2.20. The third-order valence-corrected chi connectivity index (χ3v) is 5.98. The van der Waals surface area contributed by atoms with E-state index < -0.39 is 21.8 Å². The fourth-order valence-corrected chi connectivity index (χ4v) is 4.40. The summed E-state index contributed by atoms with van der Waals surface area (Å²) < 4.78 is 28.5. The lowest BCUT2D eigenvalue weighted by Gasteiger charge is -2.11. The van der Waals surface area contributed by atoms with Crippen LogP contribution in [-0.4, -0.2) is 31.9 Å². The van der Waals surface area contributed by atoms with Crippen LogP contribution in [0.4, 0.5) is 0 Å². The Morgan fingerprint density at radius 3 is 2.70 bits per heavy atom. The lowest BCUT2D eigenvalue weighted by atomic mass is 10.1. The number of amides is 1. The largest absolute Gasteiger partial charge is 0.450 e. The van der Waals surface area contributed by atoms with Crippen molar-refractivity contribution in [1.82, 2.24) is 5.32 Å². The minimum Gasteiger partial charge on any atom is -0.450 e. The van der Waals surface area contributed by atoms with Crippen LogP contribution in [-0.2, 0) is 9.84 Å². The van der Waals surface area contributed by atoms with E-state index in [4.69, 9.17) is 4.42 Å². The van der Waals surface area contributed by atoms with E-state index in [1.807, 2.05) is 19.9 Å². The number of benzene rings is 1. The van der Waals surface area contributed by atoms with Gasteiger partial charge >= 0.3 is 0 Å². The van der Waals surface area contributed by atoms with Crippen LogP contribution < -0.4 is 10.7 Å². The van der Waals surface area contributed by atoms with Gasteiger partial charge in [0.25, 0.3) is 5.91 Å². The van der Waals surface area contributed by atoms with Crippen molar-refractivity contribution in [2.75, 3.05) is 11.5 Å². The van der Waals surface area contributed by atoms with Gasteiger partial charge < -0.3 is 9.73 Å². The van der Waals surface area contributed by atoms with Crippen LogP contribution in [0.1, 0.15) is 28.1 Å². The smallest absolute Gasteiger partial charge is 0.287 e. The van der Waals surface area contributed by atoms with Crippen molar-refractivity contribution >= 4 is 26.7 Å². The fourth-order valence-electron chi connectivity index (χ4n) is 2.73. The Kier molecular flexibility index (Phi) is 3.75. The van der Waals surface area contributed by atoms with E-state index in [0.717, 1.165) is 17.2 Å². The molecule has 1 aromatic carbocycles. The van der Waals surface area contributed by atoms with Crippen molar-refractivity contribution in [3.8, 4) is 0 Å². The van der Waals surface area contributed by atoms with Crippen molar-refractivity contribution in [3.63, 3.8) is 0 Å². The molecule has 0 spiro atoms. The van der Waals surface area contributed by atoms with E-state index in [2.05, 4.69) is 5.32 Å². The number of hydrogen-bond acceptors (Lipinski definition) is 5. The zero-order chi connectivity index (χ0) is 16.8. The molecule has 7 heteroatoms. The number of carbonyl (C=O) groups is 1. The molecule has 0 unspecified atom stereocenters. The van der Waals surface area contributed by atoms with Crippen LogP contribution >= 0.6 is 0 Å². The molecular formula is C16H17NO5S. The van der Waals surface area contributed by atoms with Crippen LogP contribution in [0, 0.1) is 13.8 Å². The standard InChI is InChI=1S/C16H17NO5S/c1-9-3-4-12-13(18)7-14(22-15(12)10(9)2)16(19)17-11-5-6-23(20,21)8-11/h3-4,7,11H,5-6,8H2,1-2H3,(H,17,19)/t11-/m1/s1. The maximum atomic E-state index is 12.3. The second-order valence-corrected chi connectivity index (χ2v) is 8.16. The van der Waals surface area contributed by atoms with Crippen molar-refractivity contribution in [2.24, 2.45) is 0 Å². The number of carbonyl (C=O) groups excluding carboxylic acids is 1. The monoisotopic (exact) mass is 335 g/mol. The van der Waals surface area contributed by atoms with E-state index in [1.54, 1.807) is 6.07 Å². The minimum absolute atomic E-state index is 0.0674. The average Bonchev–Trinajstić information content (AvgIpc) is 2.82. The van der Waals surface area contributed by atoms with Gasteiger partial charge in [-0.1, -0.05) is 6.07 Å².